The molecule has 0 saturated carbocycles. The summed E-state index contributed by atoms with van der Waals surface area (Å²) in [5, 5.41) is 37.0. The van der Waals surface area contributed by atoms with Crippen LogP contribution in [0, 0.1) is 0 Å². The third-order valence-corrected chi connectivity index (χ3v) is 9.76. The maximum Gasteiger partial charge on any atom is 2.00 e. The Labute approximate surface area is 297 Å². The molecule has 8 N–H and O–H groups in total. The molecule has 0 aromatic rings. The average Bonchev–Trinajstić information content (AvgIpc) is 2.93. The first-order valence-electron chi connectivity index (χ1n) is 13.2. The first-order chi connectivity index (χ1) is 20.4. The van der Waals surface area contributed by atoms with Crippen molar-refractivity contribution >= 4 is 41.5 Å². The fourth-order valence-corrected chi connectivity index (χ4v) is 5.79. The Morgan fingerprint density at radius 2 is 0.935 bits per heavy atom. The van der Waals surface area contributed by atoms with Crippen LogP contribution in [0.2, 0.25) is 12.1 Å². The van der Waals surface area contributed by atoms with E-state index < -0.39 is 41.5 Å². The van der Waals surface area contributed by atoms with Crippen molar-refractivity contribution in [2.24, 2.45) is 5.73 Å². The number of nitrogens with zero attached hydrogens (tertiary/aromatic N) is 1. The summed E-state index contributed by atoms with van der Waals surface area (Å²) in [4.78, 5) is 36.0. The molecule has 0 heterocycles. The SMILES string of the molecule is CC(=O)O.CC(=O)O.CC(=O)O.CC(=O)O.CO[Si](CCCNCCN)(OC)OC.CO[Si](CCC[N-]CC[NH-])(OC)OC.[Cu+2].[Cu]. The van der Waals surface area contributed by atoms with Crippen LogP contribution in [0.15, 0.2) is 0 Å². The van der Waals surface area contributed by atoms with Gasteiger partial charge < -0.3 is 69.1 Å². The zero-order valence-corrected chi connectivity index (χ0v) is 32.5. The van der Waals surface area contributed by atoms with E-state index in [1.807, 2.05) is 0 Å². The Morgan fingerprint density at radius 1 is 0.652 bits per heavy atom. The number of carboxylic acids is 4. The second-order valence-electron chi connectivity index (χ2n) is 7.83. The van der Waals surface area contributed by atoms with Gasteiger partial charge in [-0.3, -0.25) is 19.2 Å². The van der Waals surface area contributed by atoms with E-state index in [2.05, 4.69) is 10.6 Å². The van der Waals surface area contributed by atoms with Crippen molar-refractivity contribution in [3.8, 4) is 0 Å². The minimum atomic E-state index is -2.38. The van der Waals surface area contributed by atoms with E-state index in [4.69, 9.17) is 77.6 Å². The summed E-state index contributed by atoms with van der Waals surface area (Å²) in [7, 11) is 4.99. The molecule has 46 heavy (non-hydrogen) atoms. The maximum atomic E-state index is 9.00. The monoisotopic (exact) mass is 808 g/mol. The smallest absolute Gasteiger partial charge is 0.679 e. The third kappa shape index (κ3) is 69.6. The predicted octanol–water partition coefficient (Wildman–Crippen LogP) is 1.84. The van der Waals surface area contributed by atoms with E-state index in [1.54, 1.807) is 42.7 Å². The first-order valence-corrected chi connectivity index (χ1v) is 17.1. The van der Waals surface area contributed by atoms with Gasteiger partial charge in [0.1, 0.15) is 0 Å². The van der Waals surface area contributed by atoms with E-state index in [1.165, 1.54) is 0 Å². The van der Waals surface area contributed by atoms with Crippen LogP contribution in [0.4, 0.5) is 0 Å². The Kier molecular flexibility index (Phi) is 66.8. The zero-order chi connectivity index (χ0) is 36.0. The van der Waals surface area contributed by atoms with Gasteiger partial charge in [-0.1, -0.05) is 6.42 Å². The predicted molar refractivity (Wildman–Crippen MR) is 170 cm³/mol. The molecule has 0 bridgehead atoms. The zero-order valence-electron chi connectivity index (χ0n) is 28.6. The van der Waals surface area contributed by atoms with Crippen molar-refractivity contribution in [3.63, 3.8) is 0 Å². The van der Waals surface area contributed by atoms with Crippen LogP contribution in [0.25, 0.3) is 11.1 Å². The van der Waals surface area contributed by atoms with Crippen LogP contribution in [0.1, 0.15) is 40.5 Å². The van der Waals surface area contributed by atoms with Gasteiger partial charge in [0.05, 0.1) is 0 Å². The Balaban J connectivity index is -0.0000000696. The fraction of sp³-hybridized carbons (Fsp3) is 0.833. The summed E-state index contributed by atoms with van der Waals surface area (Å²) < 4.78 is 31.6. The molecule has 0 atom stereocenters. The van der Waals surface area contributed by atoms with Gasteiger partial charge in [0, 0.05) is 113 Å². The molecule has 0 amide bonds. The molecular weight excluding hydrogens is 752 g/mol. The number of hydrogen-bond acceptors (Lipinski definition) is 12. The van der Waals surface area contributed by atoms with Gasteiger partial charge in [-0.05, 0) is 13.0 Å². The van der Waals surface area contributed by atoms with Crippen molar-refractivity contribution in [2.75, 3.05) is 81.9 Å². The number of nitrogens with two attached hydrogens (primary N) is 1. The minimum absolute atomic E-state index is 0. The summed E-state index contributed by atoms with van der Waals surface area (Å²) in [6, 6.07) is 1.60. The number of hydrogen-bond donors (Lipinski definition) is 6. The third-order valence-electron chi connectivity index (χ3n) is 4.09. The van der Waals surface area contributed by atoms with Gasteiger partial charge in [-0.25, -0.2) is 0 Å². The van der Waals surface area contributed by atoms with Crippen molar-refractivity contribution in [2.45, 2.75) is 52.6 Å². The average molecular weight is 810 g/mol. The molecule has 22 heteroatoms. The quantitative estimate of drug-likeness (QED) is 0.0851. The van der Waals surface area contributed by atoms with Gasteiger partial charge in [0.2, 0.25) is 0 Å². The molecule has 0 aliphatic heterocycles. The number of rotatable bonds is 18. The number of aliphatic carboxylic acids is 4. The minimum Gasteiger partial charge on any atom is -0.679 e. The van der Waals surface area contributed by atoms with Gasteiger partial charge in [0.25, 0.3) is 23.9 Å². The molecule has 0 spiro atoms. The fourth-order valence-electron chi connectivity index (χ4n) is 2.37. The molecule has 0 aliphatic carbocycles. The van der Waals surface area contributed by atoms with E-state index in [0.717, 1.165) is 72.3 Å². The van der Waals surface area contributed by atoms with Crippen LogP contribution in [0.3, 0.4) is 0 Å². The summed E-state index contributed by atoms with van der Waals surface area (Å²) in [5.41, 5.74) is 12.3. The van der Waals surface area contributed by atoms with Crippen LogP contribution in [-0.4, -0.2) is 144 Å². The van der Waals surface area contributed by atoms with Gasteiger partial charge >= 0.3 is 34.7 Å². The largest absolute Gasteiger partial charge is 2.00 e. The molecule has 288 valence electrons. The van der Waals surface area contributed by atoms with Crippen LogP contribution >= 0.6 is 0 Å². The number of carbonyl (C=O) groups is 4. The second kappa shape index (κ2) is 48.4. The topological polar surface area (TPSA) is 281 Å². The van der Waals surface area contributed by atoms with Crippen LogP contribution in [-0.2, 0) is 79.9 Å². The summed E-state index contributed by atoms with van der Waals surface area (Å²) in [6.07, 6.45) is 1.86. The maximum absolute atomic E-state index is 9.00. The van der Waals surface area contributed by atoms with Crippen molar-refractivity contribution < 1.29 is 100 Å². The molecule has 0 aromatic carbocycles. The molecule has 0 aromatic heterocycles. The molecule has 0 rings (SSSR count). The molecular formula is C24H58Cu2N4O14Si2. The van der Waals surface area contributed by atoms with Crippen LogP contribution < -0.4 is 11.1 Å². The Morgan fingerprint density at radius 3 is 1.17 bits per heavy atom. The Hall–Kier alpha value is -1.05. The number of nitrogens with one attached hydrogen (secondary N) is 2. The van der Waals surface area contributed by atoms with Gasteiger partial charge in [0.15, 0.2) is 0 Å². The second-order valence-corrected chi connectivity index (χ2v) is 14.0. The van der Waals surface area contributed by atoms with Gasteiger partial charge in [-0.2, -0.15) is 13.1 Å². The first kappa shape index (κ1) is 63.6. The van der Waals surface area contributed by atoms with E-state index >= 15 is 0 Å². The van der Waals surface area contributed by atoms with Crippen molar-refractivity contribution in [3.05, 3.63) is 11.1 Å². The molecule has 0 fully saturated rings. The molecule has 0 unspecified atom stereocenters. The Bertz CT molecular complexity index is 562. The summed E-state index contributed by atoms with van der Waals surface area (Å²) in [5.74, 6) is -3.33. The molecule has 2 radical (unpaired) electrons. The molecule has 0 aliphatic rings. The van der Waals surface area contributed by atoms with E-state index in [0.29, 0.717) is 19.6 Å². The normalized spacial score (nSPS) is 9.48. The van der Waals surface area contributed by atoms with Crippen molar-refractivity contribution in [1.82, 2.24) is 5.32 Å². The van der Waals surface area contributed by atoms with E-state index in [9.17, 15) is 0 Å². The molecule has 18 nitrogen and oxygen atoms in total. The molecule has 0 saturated heterocycles. The van der Waals surface area contributed by atoms with E-state index in [-0.39, 0.29) is 34.1 Å². The van der Waals surface area contributed by atoms with Gasteiger partial charge in [-0.15, -0.1) is 6.54 Å². The summed E-state index contributed by atoms with van der Waals surface area (Å²) >= 11 is 0. The van der Waals surface area contributed by atoms with Crippen molar-refractivity contribution in [1.29, 1.82) is 0 Å². The van der Waals surface area contributed by atoms with Crippen LogP contribution in [0.5, 0.6) is 0 Å². The number of carboxylic acid groups (broad SMARTS) is 4. The summed E-state index contributed by atoms with van der Waals surface area (Å²) in [6.45, 7) is 8.50. The standard InChI is InChI=1S/C8H22N2O3Si.C8H20N2O3Si.4C2H4O2.2Cu/c2*1-11-14(12-2,13-3)8-4-6-10-7-5-9;4*1-2(3)4;;/h10H,4-9H2,1-3H3;9H,4-8H2,1-3H3;4*1H3,(H,3,4);;/q;-2;;;;;;+2.